The van der Waals surface area contributed by atoms with Crippen LogP contribution in [0.15, 0.2) is 53.9 Å². The molecular weight excluding hydrogens is 513 g/mol. The summed E-state index contributed by atoms with van der Waals surface area (Å²) >= 11 is 14.0. The van der Waals surface area contributed by atoms with Crippen molar-refractivity contribution in [3.8, 4) is 0 Å². The van der Waals surface area contributed by atoms with E-state index in [-0.39, 0.29) is 23.9 Å². The van der Waals surface area contributed by atoms with Gasteiger partial charge in [0.15, 0.2) is 0 Å². The molecule has 2 aromatic carbocycles. The normalized spacial score (nSPS) is 19.2. The van der Waals surface area contributed by atoms with Crippen molar-refractivity contribution >= 4 is 46.4 Å². The van der Waals surface area contributed by atoms with E-state index in [0.717, 1.165) is 13.0 Å². The molecule has 0 N–H and O–H groups in total. The predicted octanol–water partition coefficient (Wildman–Crippen LogP) is 5.68. The highest BCUT2D eigenvalue weighted by Gasteiger charge is 2.38. The molecule has 2 amide bonds. The van der Waals surface area contributed by atoms with Gasteiger partial charge in [-0.05, 0) is 66.6 Å². The number of thiophene rings is 1. The molecule has 8 heteroatoms. The van der Waals surface area contributed by atoms with E-state index in [9.17, 15) is 9.59 Å². The van der Waals surface area contributed by atoms with E-state index in [1.807, 2.05) is 11.8 Å². The van der Waals surface area contributed by atoms with E-state index >= 15 is 0 Å². The van der Waals surface area contributed by atoms with Crippen LogP contribution < -0.4 is 0 Å². The van der Waals surface area contributed by atoms with Crippen molar-refractivity contribution in [3.63, 3.8) is 0 Å². The second-order valence-corrected chi connectivity index (χ2v) is 11.3. The van der Waals surface area contributed by atoms with E-state index in [2.05, 4.69) is 47.5 Å². The zero-order valence-electron chi connectivity index (χ0n) is 20.4. The van der Waals surface area contributed by atoms with Gasteiger partial charge in [0.05, 0.1) is 22.7 Å². The van der Waals surface area contributed by atoms with Crippen molar-refractivity contribution in [2.24, 2.45) is 0 Å². The Morgan fingerprint density at radius 2 is 1.67 bits per heavy atom. The van der Waals surface area contributed by atoms with Crippen LogP contribution in [0.2, 0.25) is 10.0 Å². The third kappa shape index (κ3) is 4.80. The number of hydrogen-bond donors (Lipinski definition) is 0. The Labute approximate surface area is 226 Å². The molecule has 2 aliphatic heterocycles. The maximum Gasteiger partial charge on any atom is 0.255 e. The van der Waals surface area contributed by atoms with Crippen LogP contribution in [0.25, 0.3) is 0 Å². The molecule has 0 saturated carbocycles. The molecule has 36 heavy (non-hydrogen) atoms. The van der Waals surface area contributed by atoms with Crippen LogP contribution in [0.3, 0.4) is 0 Å². The summed E-state index contributed by atoms with van der Waals surface area (Å²) in [6, 6.07) is 15.4. The number of nitrogens with zero attached hydrogens (tertiary/aromatic N) is 3. The second-order valence-electron chi connectivity index (χ2n) is 9.46. The molecule has 5 nitrogen and oxygen atoms in total. The highest BCUT2D eigenvalue weighted by atomic mass is 35.5. The fraction of sp³-hybridized carbons (Fsp3) is 0.357. The summed E-state index contributed by atoms with van der Waals surface area (Å²) in [6.45, 7) is 6.98. The Morgan fingerprint density at radius 1 is 0.944 bits per heavy atom. The first-order chi connectivity index (χ1) is 17.3. The number of hydrogen-bond acceptors (Lipinski definition) is 4. The fourth-order valence-corrected chi connectivity index (χ4v) is 6.76. The summed E-state index contributed by atoms with van der Waals surface area (Å²) in [5.74, 6) is -0.0127. The summed E-state index contributed by atoms with van der Waals surface area (Å²) in [7, 11) is 0. The molecule has 0 bridgehead atoms. The maximum atomic E-state index is 13.7. The molecule has 1 aromatic heterocycles. The number of aryl methyl sites for hydroxylation is 1. The number of carbonyl (C=O) groups is 2. The maximum absolute atomic E-state index is 13.7. The molecule has 3 aromatic rings. The van der Waals surface area contributed by atoms with Crippen molar-refractivity contribution in [3.05, 3.63) is 91.1 Å². The van der Waals surface area contributed by atoms with Gasteiger partial charge >= 0.3 is 0 Å². The smallest absolute Gasteiger partial charge is 0.255 e. The molecule has 0 spiro atoms. The van der Waals surface area contributed by atoms with E-state index in [4.69, 9.17) is 23.2 Å². The Kier molecular flexibility index (Phi) is 7.40. The van der Waals surface area contributed by atoms with Gasteiger partial charge in [-0.15, -0.1) is 11.3 Å². The van der Waals surface area contributed by atoms with Gasteiger partial charge in [0.1, 0.15) is 0 Å². The standard InChI is InChI=1S/C28H29Cl2N3O2S/c1-18-5-3-4-6-21(18)26-23-10-16-36-25(23)9-11-33(26)19(2)27(34)31-12-14-32(15-13-31)28(35)22-8-7-20(29)17-24(22)30/h3-8,10,16-17,19,26H,9,11-15H2,1-2H3/t19-,26-/m0/s1. The molecule has 3 heterocycles. The zero-order chi connectivity index (χ0) is 25.4. The Bertz CT molecular complexity index is 1290. The van der Waals surface area contributed by atoms with Crippen LogP contribution >= 0.6 is 34.5 Å². The molecule has 1 fully saturated rings. The van der Waals surface area contributed by atoms with Gasteiger partial charge in [-0.2, -0.15) is 0 Å². The molecule has 0 unspecified atom stereocenters. The third-order valence-corrected chi connectivity index (χ3v) is 8.93. The number of benzene rings is 2. The van der Waals surface area contributed by atoms with Gasteiger partial charge < -0.3 is 9.80 Å². The van der Waals surface area contributed by atoms with Crippen molar-refractivity contribution in [1.82, 2.24) is 14.7 Å². The molecule has 0 radical (unpaired) electrons. The van der Waals surface area contributed by atoms with E-state index in [1.165, 1.54) is 21.6 Å². The largest absolute Gasteiger partial charge is 0.338 e. The predicted molar refractivity (Wildman–Crippen MR) is 146 cm³/mol. The van der Waals surface area contributed by atoms with Crippen LogP contribution in [0.1, 0.15) is 44.9 Å². The first kappa shape index (κ1) is 25.3. The van der Waals surface area contributed by atoms with Crippen molar-refractivity contribution in [1.29, 1.82) is 0 Å². The first-order valence-electron chi connectivity index (χ1n) is 12.3. The number of piperazine rings is 1. The number of fused-ring (bicyclic) bond motifs is 1. The average Bonchev–Trinajstić information content (AvgIpc) is 3.36. The minimum atomic E-state index is -0.268. The average molecular weight is 543 g/mol. The van der Waals surface area contributed by atoms with Crippen LogP contribution in [0.4, 0.5) is 0 Å². The highest BCUT2D eigenvalue weighted by molar-refractivity contribution is 7.10. The highest BCUT2D eigenvalue weighted by Crippen LogP contribution is 2.40. The summed E-state index contributed by atoms with van der Waals surface area (Å²) < 4.78 is 0. The lowest BCUT2D eigenvalue weighted by Gasteiger charge is -2.43. The van der Waals surface area contributed by atoms with Crippen LogP contribution in [-0.4, -0.2) is 65.3 Å². The molecule has 2 atom stereocenters. The van der Waals surface area contributed by atoms with Crippen LogP contribution in [0, 0.1) is 6.92 Å². The lowest BCUT2D eigenvalue weighted by atomic mass is 9.89. The zero-order valence-corrected chi connectivity index (χ0v) is 22.7. The number of amides is 2. The summed E-state index contributed by atoms with van der Waals surface area (Å²) in [5.41, 5.74) is 4.25. The molecule has 5 rings (SSSR count). The van der Waals surface area contributed by atoms with Crippen LogP contribution in [-0.2, 0) is 11.2 Å². The Hall–Kier alpha value is -2.38. The summed E-state index contributed by atoms with van der Waals surface area (Å²) in [6.07, 6.45) is 0.955. The lowest BCUT2D eigenvalue weighted by molar-refractivity contribution is -0.138. The first-order valence-corrected chi connectivity index (χ1v) is 13.9. The van der Waals surface area contributed by atoms with Gasteiger partial charge in [0.2, 0.25) is 5.91 Å². The summed E-state index contributed by atoms with van der Waals surface area (Å²) in [4.78, 5) is 34.1. The molecule has 1 saturated heterocycles. The van der Waals surface area contributed by atoms with Gasteiger partial charge in [-0.25, -0.2) is 0 Å². The SMILES string of the molecule is Cc1ccccc1[C@H]1c2ccsc2CCN1[C@@H](C)C(=O)N1CCN(C(=O)c2ccc(Cl)cc2Cl)CC1. The van der Waals surface area contributed by atoms with Crippen molar-refractivity contribution in [2.45, 2.75) is 32.4 Å². The topological polar surface area (TPSA) is 43.9 Å². The van der Waals surface area contributed by atoms with Crippen LogP contribution in [0.5, 0.6) is 0 Å². The van der Waals surface area contributed by atoms with Crippen molar-refractivity contribution < 1.29 is 9.59 Å². The van der Waals surface area contributed by atoms with E-state index < -0.39 is 0 Å². The van der Waals surface area contributed by atoms with Gasteiger partial charge in [0, 0.05) is 42.6 Å². The van der Waals surface area contributed by atoms with Gasteiger partial charge in [0.25, 0.3) is 5.91 Å². The van der Waals surface area contributed by atoms with Gasteiger partial charge in [-0.3, -0.25) is 14.5 Å². The molecular formula is C28H29Cl2N3O2S. The fourth-order valence-electron chi connectivity index (χ4n) is 5.36. The van der Waals surface area contributed by atoms with E-state index in [1.54, 1.807) is 34.4 Å². The lowest BCUT2D eigenvalue weighted by Crippen LogP contribution is -2.56. The summed E-state index contributed by atoms with van der Waals surface area (Å²) in [5, 5.41) is 3.01. The molecule has 0 aliphatic carbocycles. The number of halogens is 2. The van der Waals surface area contributed by atoms with Gasteiger partial charge in [-0.1, -0.05) is 47.5 Å². The van der Waals surface area contributed by atoms with Crippen molar-refractivity contribution in [2.75, 3.05) is 32.7 Å². The molecule has 2 aliphatic rings. The Balaban J connectivity index is 1.30. The number of rotatable bonds is 4. The minimum absolute atomic E-state index is 0.0649. The Morgan fingerprint density at radius 3 is 2.39 bits per heavy atom. The van der Waals surface area contributed by atoms with E-state index in [0.29, 0.717) is 41.8 Å². The minimum Gasteiger partial charge on any atom is -0.338 e. The monoisotopic (exact) mass is 541 g/mol. The number of carbonyl (C=O) groups excluding carboxylic acids is 2. The second kappa shape index (κ2) is 10.5. The quantitative estimate of drug-likeness (QED) is 0.426. The molecule has 188 valence electrons. The third-order valence-electron chi connectivity index (χ3n) is 7.38.